The molecule has 0 aromatic carbocycles. The minimum absolute atomic E-state index is 0.204. The third kappa shape index (κ3) is 4.50. The first-order chi connectivity index (χ1) is 16.2. The van der Waals surface area contributed by atoms with Crippen LogP contribution in [0, 0.1) is 6.92 Å². The summed E-state index contributed by atoms with van der Waals surface area (Å²) < 4.78 is 2.28. The van der Waals surface area contributed by atoms with Crippen molar-refractivity contribution in [3.63, 3.8) is 0 Å². The number of aliphatic hydroxyl groups is 1. The molecule has 0 radical (unpaired) electrons. The van der Waals surface area contributed by atoms with E-state index in [0.29, 0.717) is 0 Å². The van der Waals surface area contributed by atoms with Gasteiger partial charge in [-0.3, -0.25) is 14.3 Å². The molecule has 2 fully saturated rings. The van der Waals surface area contributed by atoms with E-state index < -0.39 is 0 Å². The SMILES string of the molecule is Cc1cccnc1[C@@H]1CCC[C@H](c2cn3c(N4CCN(C)CC4)cccc3n2)N1CCCO. The van der Waals surface area contributed by atoms with Crippen LogP contribution in [0.5, 0.6) is 0 Å². The van der Waals surface area contributed by atoms with Gasteiger partial charge >= 0.3 is 0 Å². The van der Waals surface area contributed by atoms with E-state index in [4.69, 9.17) is 9.97 Å². The van der Waals surface area contributed by atoms with Gasteiger partial charge in [0.05, 0.1) is 23.5 Å². The van der Waals surface area contributed by atoms with Crippen LogP contribution in [0.15, 0.2) is 42.7 Å². The topological polar surface area (TPSA) is 60.1 Å². The molecule has 3 aromatic heterocycles. The number of aryl methyl sites for hydroxylation is 1. The van der Waals surface area contributed by atoms with Gasteiger partial charge in [0.25, 0.3) is 0 Å². The molecule has 0 saturated carbocycles. The largest absolute Gasteiger partial charge is 0.396 e. The molecular formula is C26H36N6O. The van der Waals surface area contributed by atoms with Gasteiger partial charge in [-0.2, -0.15) is 0 Å². The Morgan fingerprint density at radius 1 is 1.03 bits per heavy atom. The normalized spacial score (nSPS) is 22.8. The second-order valence-corrected chi connectivity index (χ2v) is 9.55. The average Bonchev–Trinajstić information content (AvgIpc) is 3.28. The van der Waals surface area contributed by atoms with Gasteiger partial charge in [-0.1, -0.05) is 12.1 Å². The Morgan fingerprint density at radius 2 is 1.85 bits per heavy atom. The van der Waals surface area contributed by atoms with Crippen LogP contribution < -0.4 is 4.90 Å². The zero-order valence-electron chi connectivity index (χ0n) is 19.9. The van der Waals surface area contributed by atoms with Crippen LogP contribution in [-0.2, 0) is 0 Å². The van der Waals surface area contributed by atoms with Crippen molar-refractivity contribution in [2.45, 2.75) is 44.7 Å². The number of piperazine rings is 1. The molecule has 1 N–H and O–H groups in total. The third-order valence-corrected chi connectivity index (χ3v) is 7.35. The summed E-state index contributed by atoms with van der Waals surface area (Å²) in [7, 11) is 2.19. The molecule has 176 valence electrons. The first kappa shape index (κ1) is 22.3. The van der Waals surface area contributed by atoms with Crippen molar-refractivity contribution < 1.29 is 5.11 Å². The molecule has 0 aliphatic carbocycles. The predicted molar refractivity (Wildman–Crippen MR) is 132 cm³/mol. The second kappa shape index (κ2) is 9.79. The van der Waals surface area contributed by atoms with Gasteiger partial charge in [-0.05, 0) is 63.4 Å². The first-order valence-electron chi connectivity index (χ1n) is 12.4. The van der Waals surface area contributed by atoms with E-state index in [1.165, 1.54) is 17.1 Å². The summed E-state index contributed by atoms with van der Waals surface area (Å²) in [5, 5.41) is 9.61. The highest BCUT2D eigenvalue weighted by Crippen LogP contribution is 2.41. The molecule has 2 atom stereocenters. The number of fused-ring (bicyclic) bond motifs is 1. The molecule has 2 aliphatic heterocycles. The number of likely N-dealkylation sites (N-methyl/N-ethyl adjacent to an activating group) is 1. The monoisotopic (exact) mass is 448 g/mol. The van der Waals surface area contributed by atoms with Crippen LogP contribution in [0.2, 0.25) is 0 Å². The molecular weight excluding hydrogens is 412 g/mol. The van der Waals surface area contributed by atoms with Gasteiger partial charge in [0.2, 0.25) is 0 Å². The minimum atomic E-state index is 0.204. The molecule has 2 saturated heterocycles. The zero-order chi connectivity index (χ0) is 22.8. The number of pyridine rings is 2. The number of aliphatic hydroxyl groups excluding tert-OH is 1. The van der Waals surface area contributed by atoms with E-state index in [9.17, 15) is 5.11 Å². The summed E-state index contributed by atoms with van der Waals surface area (Å²) in [4.78, 5) is 17.3. The number of piperidine rings is 1. The van der Waals surface area contributed by atoms with Gasteiger partial charge in [0.1, 0.15) is 11.5 Å². The Balaban J connectivity index is 1.49. The fourth-order valence-corrected chi connectivity index (χ4v) is 5.55. The van der Waals surface area contributed by atoms with E-state index in [1.54, 1.807) is 0 Å². The quantitative estimate of drug-likeness (QED) is 0.623. The molecule has 5 heterocycles. The second-order valence-electron chi connectivity index (χ2n) is 9.55. The highest BCUT2D eigenvalue weighted by atomic mass is 16.3. The zero-order valence-corrected chi connectivity index (χ0v) is 19.9. The van der Waals surface area contributed by atoms with Crippen LogP contribution >= 0.6 is 0 Å². The fourth-order valence-electron chi connectivity index (χ4n) is 5.55. The lowest BCUT2D eigenvalue weighted by atomic mass is 9.90. The van der Waals surface area contributed by atoms with Gasteiger partial charge in [0, 0.05) is 51.7 Å². The fraction of sp³-hybridized carbons (Fsp3) is 0.538. The van der Waals surface area contributed by atoms with Gasteiger partial charge in [0.15, 0.2) is 0 Å². The highest BCUT2D eigenvalue weighted by Gasteiger charge is 2.35. The lowest BCUT2D eigenvalue weighted by Crippen LogP contribution is -2.45. The standard InChI is InChI=1S/C26H36N6O/c1-20-7-5-12-27-26(20)23-9-3-8-22(31(23)13-6-18-33)21-19-32-24(28-21)10-4-11-25(32)30-16-14-29(2)15-17-30/h4-5,7,10-12,19,22-23,33H,3,6,8-9,13-18H2,1-2H3/t22-,23+/m1/s1. The number of hydrogen-bond acceptors (Lipinski definition) is 6. The van der Waals surface area contributed by atoms with Crippen molar-refractivity contribution in [2.75, 3.05) is 51.3 Å². The van der Waals surface area contributed by atoms with Crippen molar-refractivity contribution in [3.05, 3.63) is 59.7 Å². The van der Waals surface area contributed by atoms with Crippen LogP contribution in [0.1, 0.15) is 54.7 Å². The Labute approximate surface area is 196 Å². The Hall–Kier alpha value is -2.48. The molecule has 0 bridgehead atoms. The number of aromatic nitrogens is 3. The molecule has 0 amide bonds. The Kier molecular flexibility index (Phi) is 6.62. The van der Waals surface area contributed by atoms with Gasteiger partial charge in [-0.25, -0.2) is 4.98 Å². The number of anilines is 1. The van der Waals surface area contributed by atoms with Crippen molar-refractivity contribution >= 4 is 11.5 Å². The summed E-state index contributed by atoms with van der Waals surface area (Å²) in [5.41, 5.74) is 4.55. The molecule has 0 unspecified atom stereocenters. The maximum Gasteiger partial charge on any atom is 0.138 e. The smallest absolute Gasteiger partial charge is 0.138 e. The molecule has 33 heavy (non-hydrogen) atoms. The maximum absolute atomic E-state index is 9.61. The lowest BCUT2D eigenvalue weighted by Gasteiger charge is -2.41. The molecule has 0 spiro atoms. The van der Waals surface area contributed by atoms with Crippen molar-refractivity contribution in [3.8, 4) is 0 Å². The van der Waals surface area contributed by atoms with Gasteiger partial charge < -0.3 is 14.9 Å². The van der Waals surface area contributed by atoms with Gasteiger partial charge in [-0.15, -0.1) is 0 Å². The molecule has 5 rings (SSSR count). The number of imidazole rings is 1. The molecule has 3 aromatic rings. The van der Waals surface area contributed by atoms with Crippen LogP contribution in [0.3, 0.4) is 0 Å². The highest BCUT2D eigenvalue weighted by molar-refractivity contribution is 5.53. The van der Waals surface area contributed by atoms with E-state index in [0.717, 1.165) is 69.7 Å². The Bertz CT molecular complexity index is 1070. The number of hydrogen-bond donors (Lipinski definition) is 1. The average molecular weight is 449 g/mol. The maximum atomic E-state index is 9.61. The summed E-state index contributed by atoms with van der Waals surface area (Å²) >= 11 is 0. The van der Waals surface area contributed by atoms with E-state index in [2.05, 4.69) is 63.5 Å². The van der Waals surface area contributed by atoms with Crippen molar-refractivity contribution in [2.24, 2.45) is 0 Å². The van der Waals surface area contributed by atoms with Crippen LogP contribution in [0.25, 0.3) is 5.65 Å². The van der Waals surface area contributed by atoms with Crippen molar-refractivity contribution in [1.29, 1.82) is 0 Å². The summed E-state index contributed by atoms with van der Waals surface area (Å²) in [5.74, 6) is 1.23. The summed E-state index contributed by atoms with van der Waals surface area (Å²) in [6, 6.07) is 11.1. The number of rotatable bonds is 6. The number of likely N-dealkylation sites (tertiary alicyclic amines) is 1. The first-order valence-corrected chi connectivity index (χ1v) is 12.4. The summed E-state index contributed by atoms with van der Waals surface area (Å²) in [6.07, 6.45) is 8.26. The predicted octanol–water partition coefficient (Wildman–Crippen LogP) is 3.44. The van der Waals surface area contributed by atoms with E-state index in [-0.39, 0.29) is 18.7 Å². The summed E-state index contributed by atoms with van der Waals surface area (Å²) in [6.45, 7) is 7.45. The molecule has 7 heteroatoms. The van der Waals surface area contributed by atoms with E-state index >= 15 is 0 Å². The Morgan fingerprint density at radius 3 is 2.64 bits per heavy atom. The minimum Gasteiger partial charge on any atom is -0.396 e. The third-order valence-electron chi connectivity index (χ3n) is 7.35. The van der Waals surface area contributed by atoms with Crippen LogP contribution in [-0.4, -0.2) is 75.7 Å². The van der Waals surface area contributed by atoms with Crippen molar-refractivity contribution in [1.82, 2.24) is 24.2 Å². The number of nitrogens with zero attached hydrogens (tertiary/aromatic N) is 6. The lowest BCUT2D eigenvalue weighted by molar-refractivity contribution is 0.0694. The van der Waals surface area contributed by atoms with Crippen LogP contribution in [0.4, 0.5) is 5.82 Å². The molecule has 7 nitrogen and oxygen atoms in total. The van der Waals surface area contributed by atoms with E-state index in [1.807, 2.05) is 12.3 Å². The molecule has 2 aliphatic rings.